The zero-order valence-electron chi connectivity index (χ0n) is 17.4. The molecule has 0 aliphatic heterocycles. The number of fused-ring (bicyclic) bond motifs is 5. The Hall–Kier alpha value is 1.90. The second-order valence-electron chi connectivity index (χ2n) is 10.4. The molecule has 4 aliphatic carbocycles. The maximum Gasteiger partial charge on any atom is 0.113 e. The largest absolute Gasteiger partial charge is 0.396 e. The fraction of sp³-hybridized carbons (Fsp3) is 0.909. The Morgan fingerprint density at radius 3 is 2.71 bits per heavy atom. The lowest BCUT2D eigenvalue weighted by molar-refractivity contribution is -0.0578. The molecule has 3 saturated carbocycles. The average Bonchev–Trinajstić information content (AvgIpc) is 3.02. The van der Waals surface area contributed by atoms with Gasteiger partial charge in [-0.2, -0.15) is 0 Å². The van der Waals surface area contributed by atoms with Crippen molar-refractivity contribution in [2.75, 3.05) is 6.61 Å². The molecule has 0 heterocycles. The van der Waals surface area contributed by atoms with Crippen molar-refractivity contribution >= 4 is 58.2 Å². The van der Waals surface area contributed by atoms with Crippen molar-refractivity contribution < 1.29 is 9.29 Å². The van der Waals surface area contributed by atoms with Crippen molar-refractivity contribution in [3.63, 3.8) is 0 Å². The summed E-state index contributed by atoms with van der Waals surface area (Å²) in [7, 11) is 0. The van der Waals surface area contributed by atoms with Crippen molar-refractivity contribution in [1.82, 2.24) is 0 Å². The number of allylic oxidation sites excluding steroid dienone is 1. The summed E-state index contributed by atoms with van der Waals surface area (Å²) in [4.78, 5) is 0. The lowest BCUT2D eigenvalue weighted by atomic mass is 9.47. The Morgan fingerprint density at radius 2 is 2.00 bits per heavy atom. The van der Waals surface area contributed by atoms with Gasteiger partial charge in [-0.25, -0.2) is 0 Å². The molecule has 0 bridgehead atoms. The molecule has 0 aromatic rings. The summed E-state index contributed by atoms with van der Waals surface area (Å²) < 4.78 is 6.08. The van der Waals surface area contributed by atoms with Crippen LogP contribution in [0.1, 0.15) is 72.1 Å². The average molecular weight is 648 g/mol. The maximum absolute atomic E-state index is 9.81. The molecule has 0 amide bonds. The summed E-state index contributed by atoms with van der Waals surface area (Å²) in [6.45, 7) is 7.81. The SMILES string of the molecule is C[C@@H](CO)[C@H]1CC[C@H]2[C@@H]3CC=C4C[C@@H](OSP(I)I)CC[C@]4(C)[C@H]3CC[C@]12C. The first-order valence-electron chi connectivity index (χ1n) is 11.0. The minimum absolute atomic E-state index is 0.0963. The van der Waals surface area contributed by atoms with E-state index in [1.54, 1.807) is 17.2 Å². The Balaban J connectivity index is 1.51. The predicted octanol–water partition coefficient (Wildman–Crippen LogP) is 8.32. The number of hydrogen-bond acceptors (Lipinski definition) is 3. The Labute approximate surface area is 202 Å². The van der Waals surface area contributed by atoms with Crippen LogP contribution < -0.4 is 0 Å². The van der Waals surface area contributed by atoms with Crippen LogP contribution in [0.25, 0.3) is 0 Å². The van der Waals surface area contributed by atoms with Gasteiger partial charge in [0.2, 0.25) is 0 Å². The molecule has 1 N–H and O–H groups in total. The number of halogens is 2. The number of hydrogen-bond donors (Lipinski definition) is 1. The van der Waals surface area contributed by atoms with E-state index in [0.29, 0.717) is 29.5 Å². The second-order valence-corrected chi connectivity index (χ2v) is 27.9. The van der Waals surface area contributed by atoms with Crippen LogP contribution in [0.4, 0.5) is 0 Å². The molecule has 160 valence electrons. The molecular weight excluding hydrogens is 613 g/mol. The highest BCUT2D eigenvalue weighted by atomic mass is 127. The molecule has 2 nitrogen and oxygen atoms in total. The summed E-state index contributed by atoms with van der Waals surface area (Å²) in [5, 5.41) is 9.81. The first kappa shape index (κ1) is 23.1. The highest BCUT2D eigenvalue weighted by Crippen LogP contribution is 2.68. The molecule has 0 unspecified atom stereocenters. The van der Waals surface area contributed by atoms with Crippen molar-refractivity contribution in [3.8, 4) is 0 Å². The van der Waals surface area contributed by atoms with Gasteiger partial charge in [-0.1, -0.05) is 32.4 Å². The molecule has 6 heteroatoms. The summed E-state index contributed by atoms with van der Waals surface area (Å²) in [5.74, 6) is 3.79. The molecular formula is C22H35I2O2PS. The summed E-state index contributed by atoms with van der Waals surface area (Å²) in [6.07, 6.45) is 13.6. The quantitative estimate of drug-likeness (QED) is 0.141. The van der Waals surface area contributed by atoms with Crippen LogP contribution in [0.15, 0.2) is 11.6 Å². The van der Waals surface area contributed by atoms with E-state index in [-0.39, 0.29) is 2.41 Å². The molecule has 28 heavy (non-hydrogen) atoms. The molecule has 0 aromatic carbocycles. The van der Waals surface area contributed by atoms with E-state index in [1.807, 2.05) is 0 Å². The van der Waals surface area contributed by atoms with Crippen molar-refractivity contribution in [1.29, 1.82) is 0 Å². The Morgan fingerprint density at radius 1 is 1.21 bits per heavy atom. The van der Waals surface area contributed by atoms with E-state index < -0.39 is 0 Å². The highest BCUT2D eigenvalue weighted by Gasteiger charge is 2.59. The standard InChI is InChI=1S/C22H35I2O2PS/c1-14(13-25)18-6-7-19-17-5-4-15-12-16(26-28-27(23)24)8-10-21(15,2)20(17)9-11-22(18,19)3/h4,14,16-20,25H,5-13H2,1-3H3/t14-,16-,17-,18+,19-,20-,21-,22+/m0/s1. The fourth-order valence-electron chi connectivity index (χ4n) is 7.91. The van der Waals surface area contributed by atoms with E-state index in [4.69, 9.17) is 4.18 Å². The Bertz CT molecular complexity index is 617. The number of rotatable bonds is 5. The normalized spacial score (nSPS) is 46.5. The van der Waals surface area contributed by atoms with Gasteiger partial charge in [0.1, 0.15) is 2.41 Å². The lowest BCUT2D eigenvalue weighted by Gasteiger charge is -2.58. The molecule has 3 fully saturated rings. The van der Waals surface area contributed by atoms with E-state index in [9.17, 15) is 5.11 Å². The van der Waals surface area contributed by atoms with Crippen LogP contribution in [0.3, 0.4) is 0 Å². The molecule has 8 atom stereocenters. The first-order chi connectivity index (χ1) is 13.3. The van der Waals surface area contributed by atoms with Crippen LogP contribution in [0, 0.1) is 40.4 Å². The van der Waals surface area contributed by atoms with Crippen molar-refractivity contribution in [2.45, 2.75) is 78.2 Å². The van der Waals surface area contributed by atoms with Crippen LogP contribution >= 0.6 is 58.2 Å². The van der Waals surface area contributed by atoms with Gasteiger partial charge in [0.05, 0.1) is 6.10 Å². The third kappa shape index (κ3) is 4.02. The first-order valence-corrected chi connectivity index (χ1v) is 19.3. The molecule has 0 radical (unpaired) electrons. The van der Waals surface area contributed by atoms with Gasteiger partial charge in [0.25, 0.3) is 0 Å². The van der Waals surface area contributed by atoms with Gasteiger partial charge in [0.15, 0.2) is 0 Å². The van der Waals surface area contributed by atoms with Crippen molar-refractivity contribution in [2.24, 2.45) is 40.4 Å². The van der Waals surface area contributed by atoms with Gasteiger partial charge in [0, 0.05) is 18.3 Å². The monoisotopic (exact) mass is 648 g/mol. The minimum Gasteiger partial charge on any atom is -0.396 e. The van der Waals surface area contributed by atoms with E-state index in [2.05, 4.69) is 70.9 Å². The zero-order valence-corrected chi connectivity index (χ0v) is 23.4. The summed E-state index contributed by atoms with van der Waals surface area (Å²) in [6, 6.07) is 0. The molecule has 0 saturated heterocycles. The second kappa shape index (κ2) is 9.03. The predicted molar refractivity (Wildman–Crippen MR) is 139 cm³/mol. The molecule has 4 aliphatic rings. The van der Waals surface area contributed by atoms with Gasteiger partial charge < -0.3 is 9.29 Å². The molecule has 0 spiro atoms. The maximum atomic E-state index is 9.81. The van der Waals surface area contributed by atoms with Gasteiger partial charge >= 0.3 is 0 Å². The van der Waals surface area contributed by atoms with Gasteiger partial charge in [-0.3, -0.25) is 0 Å². The topological polar surface area (TPSA) is 29.5 Å². The fourth-order valence-corrected chi connectivity index (χ4v) is 10.5. The summed E-state index contributed by atoms with van der Waals surface area (Å²) in [5.41, 5.74) is 2.59. The van der Waals surface area contributed by atoms with E-state index >= 15 is 0 Å². The van der Waals surface area contributed by atoms with Crippen molar-refractivity contribution in [3.05, 3.63) is 11.6 Å². The molecule has 4 rings (SSSR count). The van der Waals surface area contributed by atoms with E-state index in [0.717, 1.165) is 30.1 Å². The molecule has 0 aromatic heterocycles. The van der Waals surface area contributed by atoms with Crippen LogP contribution in [0.5, 0.6) is 0 Å². The zero-order chi connectivity index (χ0) is 20.1. The number of aliphatic hydroxyl groups is 1. The highest BCUT2D eigenvalue weighted by molar-refractivity contribution is 14.3. The third-order valence-corrected chi connectivity index (χ3v) is 13.3. The van der Waals surface area contributed by atoms with Crippen LogP contribution in [-0.2, 0) is 4.18 Å². The smallest absolute Gasteiger partial charge is 0.113 e. The van der Waals surface area contributed by atoms with E-state index in [1.165, 1.54) is 44.9 Å². The summed E-state index contributed by atoms with van der Waals surface area (Å²) >= 11 is 6.68. The van der Waals surface area contributed by atoms with Crippen LogP contribution in [0.2, 0.25) is 0 Å². The number of aliphatic hydroxyl groups excluding tert-OH is 1. The lowest BCUT2D eigenvalue weighted by Crippen LogP contribution is -2.51. The minimum atomic E-state index is -0.0963. The van der Waals surface area contributed by atoms with Crippen LogP contribution in [-0.4, -0.2) is 17.8 Å². The third-order valence-electron chi connectivity index (χ3n) is 9.34. The van der Waals surface area contributed by atoms with Gasteiger partial charge in [-0.15, -0.1) is 0 Å². The van der Waals surface area contributed by atoms with Gasteiger partial charge in [-0.05, 0) is 136 Å². The Kier molecular flexibility index (Phi) is 7.44.